The van der Waals surface area contributed by atoms with Gasteiger partial charge in [-0.2, -0.15) is 4.31 Å². The number of aliphatic hydroxyl groups excluding tert-OH is 1. The first-order chi connectivity index (χ1) is 15.8. The van der Waals surface area contributed by atoms with Crippen LogP contribution in [0.4, 0.5) is 11.4 Å². The molecule has 0 saturated carbocycles. The molecule has 1 N–H and O–H groups in total. The van der Waals surface area contributed by atoms with Crippen LogP contribution in [0.2, 0.25) is 0 Å². The lowest BCUT2D eigenvalue weighted by Gasteiger charge is -2.35. The van der Waals surface area contributed by atoms with Gasteiger partial charge >= 0.3 is 0 Å². The molecule has 33 heavy (non-hydrogen) atoms. The van der Waals surface area contributed by atoms with E-state index in [2.05, 4.69) is 20.8 Å². The number of sulfonamides is 1. The predicted octanol–water partition coefficient (Wildman–Crippen LogP) is 2.60. The molecule has 1 aliphatic rings. The van der Waals surface area contributed by atoms with Gasteiger partial charge in [-0.05, 0) is 18.1 Å². The van der Waals surface area contributed by atoms with E-state index in [-0.39, 0.29) is 23.7 Å². The Labute approximate surface area is 202 Å². The van der Waals surface area contributed by atoms with Crippen LogP contribution in [-0.2, 0) is 16.6 Å². The zero-order valence-electron chi connectivity index (χ0n) is 18.6. The zero-order valence-corrected chi connectivity index (χ0v) is 21.0. The summed E-state index contributed by atoms with van der Waals surface area (Å²) in [5, 5.41) is 21.6. The van der Waals surface area contributed by atoms with Gasteiger partial charge in [0, 0.05) is 63.3 Å². The van der Waals surface area contributed by atoms with E-state index in [9.17, 15) is 23.6 Å². The Morgan fingerprint density at radius 1 is 1.12 bits per heavy atom. The number of nitro benzene ring substituents is 1. The number of nitrogens with zero attached hydrogens (tertiary/aromatic N) is 4. The molecular weight excluding hydrogens is 512 g/mol. The summed E-state index contributed by atoms with van der Waals surface area (Å²) in [7, 11) is -3.99. The minimum Gasteiger partial charge on any atom is -0.395 e. The molecule has 0 amide bonds. The predicted molar refractivity (Wildman–Crippen MR) is 131 cm³/mol. The van der Waals surface area contributed by atoms with Gasteiger partial charge in [0.1, 0.15) is 4.90 Å². The second-order valence-electron chi connectivity index (χ2n) is 7.93. The molecule has 0 atom stereocenters. The number of nitro groups is 1. The standard InChI is InChI=1S/C22H29BrN4O5S/c1-18-15-20(27(29)30)16-21(22(18)25(8-7-23)13-14-28)33(31,32)26-11-9-24(10-12-26)17-19-5-3-2-4-6-19/h2-6,15-16,28H,7-14,17H2,1H3. The third-order valence-electron chi connectivity index (χ3n) is 5.70. The molecule has 3 rings (SSSR count). The van der Waals surface area contributed by atoms with Gasteiger partial charge in [-0.15, -0.1) is 0 Å². The molecule has 0 radical (unpaired) electrons. The zero-order chi connectivity index (χ0) is 24.0. The fourth-order valence-electron chi connectivity index (χ4n) is 4.10. The number of aliphatic hydroxyl groups is 1. The van der Waals surface area contributed by atoms with Crippen LogP contribution in [0.25, 0.3) is 0 Å². The number of alkyl halides is 1. The Balaban J connectivity index is 1.90. The van der Waals surface area contributed by atoms with E-state index < -0.39 is 14.9 Å². The van der Waals surface area contributed by atoms with Crippen molar-refractivity contribution < 1.29 is 18.4 Å². The van der Waals surface area contributed by atoms with E-state index in [1.807, 2.05) is 30.3 Å². The number of anilines is 1. The average molecular weight is 541 g/mol. The highest BCUT2D eigenvalue weighted by molar-refractivity contribution is 9.09. The Morgan fingerprint density at radius 2 is 1.79 bits per heavy atom. The Bertz CT molecular complexity index is 1050. The van der Waals surface area contributed by atoms with Crippen molar-refractivity contribution in [3.05, 3.63) is 63.7 Å². The largest absolute Gasteiger partial charge is 0.395 e. The first kappa shape index (κ1) is 25.6. The van der Waals surface area contributed by atoms with Gasteiger partial charge in [-0.3, -0.25) is 15.0 Å². The molecule has 0 aromatic heterocycles. The maximum Gasteiger partial charge on any atom is 0.271 e. The summed E-state index contributed by atoms with van der Waals surface area (Å²) in [4.78, 5) is 14.8. The third-order valence-corrected chi connectivity index (χ3v) is 7.97. The molecule has 2 aromatic rings. The van der Waals surface area contributed by atoms with Crippen LogP contribution >= 0.6 is 15.9 Å². The maximum atomic E-state index is 13.7. The number of hydrogen-bond acceptors (Lipinski definition) is 7. The van der Waals surface area contributed by atoms with Crippen molar-refractivity contribution in [3.63, 3.8) is 0 Å². The Morgan fingerprint density at radius 3 is 2.36 bits per heavy atom. The van der Waals surface area contributed by atoms with Gasteiger partial charge in [0.25, 0.3) is 5.69 Å². The molecule has 0 spiro atoms. The van der Waals surface area contributed by atoms with Gasteiger partial charge in [0.15, 0.2) is 0 Å². The Hall–Kier alpha value is -2.05. The van der Waals surface area contributed by atoms with Gasteiger partial charge < -0.3 is 10.0 Å². The molecule has 1 aliphatic heterocycles. The van der Waals surface area contributed by atoms with Crippen molar-refractivity contribution >= 4 is 37.3 Å². The van der Waals surface area contributed by atoms with Crippen LogP contribution < -0.4 is 4.90 Å². The maximum absolute atomic E-state index is 13.7. The second kappa shape index (κ2) is 11.4. The van der Waals surface area contributed by atoms with E-state index in [0.29, 0.717) is 49.3 Å². The van der Waals surface area contributed by atoms with Crippen LogP contribution in [0.3, 0.4) is 0 Å². The smallest absolute Gasteiger partial charge is 0.271 e. The van der Waals surface area contributed by atoms with E-state index in [1.165, 1.54) is 15.9 Å². The molecule has 0 aliphatic carbocycles. The van der Waals surface area contributed by atoms with Gasteiger partial charge in [-0.25, -0.2) is 8.42 Å². The summed E-state index contributed by atoms with van der Waals surface area (Å²) in [6.07, 6.45) is 0. The number of aryl methyl sites for hydroxylation is 1. The van der Waals surface area contributed by atoms with Crippen molar-refractivity contribution in [2.45, 2.75) is 18.4 Å². The molecule has 180 valence electrons. The van der Waals surface area contributed by atoms with E-state index in [4.69, 9.17) is 0 Å². The van der Waals surface area contributed by atoms with Gasteiger partial charge in [-0.1, -0.05) is 46.3 Å². The minimum atomic E-state index is -3.99. The van der Waals surface area contributed by atoms with Gasteiger partial charge in [0.2, 0.25) is 10.0 Å². The molecule has 9 nitrogen and oxygen atoms in total. The van der Waals surface area contributed by atoms with Crippen molar-refractivity contribution in [3.8, 4) is 0 Å². The van der Waals surface area contributed by atoms with Crippen LogP contribution in [0.1, 0.15) is 11.1 Å². The van der Waals surface area contributed by atoms with Crippen LogP contribution in [0, 0.1) is 17.0 Å². The van der Waals surface area contributed by atoms with Crippen molar-refractivity contribution in [1.29, 1.82) is 0 Å². The summed E-state index contributed by atoms with van der Waals surface area (Å²) in [6, 6.07) is 12.5. The average Bonchev–Trinajstić information content (AvgIpc) is 2.79. The summed E-state index contributed by atoms with van der Waals surface area (Å²) >= 11 is 3.37. The van der Waals surface area contributed by atoms with Crippen molar-refractivity contribution in [2.75, 3.05) is 56.1 Å². The van der Waals surface area contributed by atoms with E-state index >= 15 is 0 Å². The van der Waals surface area contributed by atoms with E-state index in [0.717, 1.165) is 12.6 Å². The molecule has 11 heteroatoms. The fraction of sp³-hybridized carbons (Fsp3) is 0.455. The lowest BCUT2D eigenvalue weighted by atomic mass is 10.1. The third kappa shape index (κ3) is 6.10. The number of benzene rings is 2. The molecule has 1 fully saturated rings. The van der Waals surface area contributed by atoms with Crippen LogP contribution in [0.15, 0.2) is 47.4 Å². The minimum absolute atomic E-state index is 0.0832. The van der Waals surface area contributed by atoms with Crippen LogP contribution in [-0.4, -0.2) is 78.9 Å². The van der Waals surface area contributed by atoms with Crippen LogP contribution in [0.5, 0.6) is 0 Å². The summed E-state index contributed by atoms with van der Waals surface area (Å²) in [5.41, 5.74) is 1.79. The number of piperazine rings is 1. The molecular formula is C22H29BrN4O5S. The van der Waals surface area contributed by atoms with Crippen molar-refractivity contribution in [2.24, 2.45) is 0 Å². The number of halogens is 1. The molecule has 2 aromatic carbocycles. The monoisotopic (exact) mass is 540 g/mol. The second-order valence-corrected chi connectivity index (χ2v) is 10.6. The fourth-order valence-corrected chi connectivity index (χ4v) is 6.26. The molecule has 0 bridgehead atoms. The summed E-state index contributed by atoms with van der Waals surface area (Å²) in [6.45, 7) is 4.65. The lowest BCUT2D eigenvalue weighted by Crippen LogP contribution is -2.48. The van der Waals surface area contributed by atoms with E-state index in [1.54, 1.807) is 11.8 Å². The molecule has 1 heterocycles. The highest BCUT2D eigenvalue weighted by atomic mass is 79.9. The lowest BCUT2D eigenvalue weighted by molar-refractivity contribution is -0.385. The molecule has 1 saturated heterocycles. The summed E-state index contributed by atoms with van der Waals surface area (Å²) in [5.74, 6) is 0. The quantitative estimate of drug-likeness (QED) is 0.280. The van der Waals surface area contributed by atoms with Crippen molar-refractivity contribution in [1.82, 2.24) is 9.21 Å². The number of rotatable bonds is 10. The summed E-state index contributed by atoms with van der Waals surface area (Å²) < 4.78 is 28.8. The molecule has 0 unspecified atom stereocenters. The highest BCUT2D eigenvalue weighted by Crippen LogP contribution is 2.35. The SMILES string of the molecule is Cc1cc([N+](=O)[O-])cc(S(=O)(=O)N2CCN(Cc3ccccc3)CC2)c1N(CCO)CCBr. The number of hydrogen-bond donors (Lipinski definition) is 1. The highest BCUT2D eigenvalue weighted by Gasteiger charge is 2.34. The first-order valence-corrected chi connectivity index (χ1v) is 13.3. The van der Waals surface area contributed by atoms with Gasteiger partial charge in [0.05, 0.1) is 17.2 Å². The first-order valence-electron chi connectivity index (χ1n) is 10.7. The topological polar surface area (TPSA) is 107 Å². The normalized spacial score (nSPS) is 15.5. The Kier molecular flexibility index (Phi) is 8.82. The number of non-ortho nitro benzene ring substituents is 1.